The van der Waals surface area contributed by atoms with Crippen LogP contribution in [0.1, 0.15) is 10.6 Å². The standard InChI is InChI=1S/C19H12ClN3O2S/c20-14-7-9-15(10-8-14)23-18(19(24)25-22-23)16-12-26-17(21-16)11-6-13-4-2-1-3-5-13/h1-12H/b11-6+. The van der Waals surface area contributed by atoms with Crippen molar-refractivity contribution in [2.75, 3.05) is 0 Å². The van der Waals surface area contributed by atoms with Gasteiger partial charge in [-0.25, -0.2) is 4.98 Å². The van der Waals surface area contributed by atoms with Crippen molar-refractivity contribution in [3.63, 3.8) is 0 Å². The van der Waals surface area contributed by atoms with Gasteiger partial charge in [0.1, 0.15) is 5.01 Å². The topological polar surface area (TPSA) is 65.9 Å². The molecule has 2 aromatic carbocycles. The van der Waals surface area contributed by atoms with Crippen LogP contribution in [0.5, 0.6) is 5.95 Å². The summed E-state index contributed by atoms with van der Waals surface area (Å²) in [5.74, 6) is -0.538. The van der Waals surface area contributed by atoms with Crippen LogP contribution in [0, 0.1) is 0 Å². The van der Waals surface area contributed by atoms with E-state index in [0.717, 1.165) is 10.6 Å². The molecule has 2 heterocycles. The first-order valence-corrected chi connectivity index (χ1v) is 9.00. The molecule has 2 aromatic heterocycles. The summed E-state index contributed by atoms with van der Waals surface area (Å²) in [5.41, 5.74) is 2.55. The first-order chi connectivity index (χ1) is 12.7. The first kappa shape index (κ1) is 16.5. The van der Waals surface area contributed by atoms with Gasteiger partial charge in [0.15, 0.2) is 11.6 Å². The van der Waals surface area contributed by atoms with Crippen LogP contribution in [0.2, 0.25) is 5.02 Å². The van der Waals surface area contributed by atoms with Gasteiger partial charge in [-0.3, -0.25) is 0 Å². The lowest BCUT2D eigenvalue weighted by Gasteiger charge is -1.95. The molecule has 4 aromatic rings. The molecular weight excluding hydrogens is 370 g/mol. The average Bonchev–Trinajstić information content (AvgIpc) is 3.28. The largest absolute Gasteiger partial charge is 0.539 e. The third-order valence-corrected chi connectivity index (χ3v) is 4.73. The van der Waals surface area contributed by atoms with E-state index >= 15 is 0 Å². The molecular formula is C19H12ClN3O2S. The van der Waals surface area contributed by atoms with Gasteiger partial charge in [0.05, 0.1) is 5.27 Å². The minimum absolute atomic E-state index is 0.280. The molecule has 0 saturated carbocycles. The molecule has 0 N–H and O–H groups in total. The molecule has 0 radical (unpaired) electrons. The number of thiazole rings is 1. The number of hydrogen-bond acceptors (Lipinski definition) is 5. The summed E-state index contributed by atoms with van der Waals surface area (Å²) in [7, 11) is 0. The second-order valence-electron chi connectivity index (χ2n) is 5.41. The van der Waals surface area contributed by atoms with Crippen molar-refractivity contribution in [3.05, 3.63) is 75.6 Å². The average molecular weight is 382 g/mol. The fourth-order valence-electron chi connectivity index (χ4n) is 2.42. The Labute approximate surface area is 158 Å². The van der Waals surface area contributed by atoms with Gasteiger partial charge in [-0.05, 0) is 28.5 Å². The summed E-state index contributed by atoms with van der Waals surface area (Å²) in [5, 5.41) is 19.2. The van der Waals surface area contributed by atoms with Crippen LogP contribution in [0.3, 0.4) is 0 Å². The van der Waals surface area contributed by atoms with E-state index in [-0.39, 0.29) is 5.69 Å². The molecule has 0 aliphatic rings. The van der Waals surface area contributed by atoms with Crippen LogP contribution < -0.4 is 9.79 Å². The molecule has 0 saturated heterocycles. The second kappa shape index (κ2) is 7.11. The molecule has 7 heteroatoms. The molecule has 5 nitrogen and oxygen atoms in total. The fraction of sp³-hybridized carbons (Fsp3) is 0. The van der Waals surface area contributed by atoms with E-state index in [1.54, 1.807) is 24.3 Å². The lowest BCUT2D eigenvalue weighted by molar-refractivity contribution is -0.660. The van der Waals surface area contributed by atoms with Crippen molar-refractivity contribution in [1.29, 1.82) is 0 Å². The molecule has 0 aliphatic carbocycles. The van der Waals surface area contributed by atoms with E-state index in [2.05, 4.69) is 10.3 Å². The fourth-order valence-corrected chi connectivity index (χ4v) is 3.24. The Bertz CT molecular complexity index is 1060. The van der Waals surface area contributed by atoms with Gasteiger partial charge < -0.3 is 9.63 Å². The quantitative estimate of drug-likeness (QED) is 0.502. The Morgan fingerprint density at radius 1 is 1.04 bits per heavy atom. The predicted octanol–water partition coefficient (Wildman–Crippen LogP) is 3.97. The maximum atomic E-state index is 12.1. The van der Waals surface area contributed by atoms with Crippen LogP contribution in [-0.2, 0) is 0 Å². The number of benzene rings is 2. The van der Waals surface area contributed by atoms with Crippen LogP contribution in [0.25, 0.3) is 29.2 Å². The minimum Gasteiger partial charge on any atom is -0.539 e. The van der Waals surface area contributed by atoms with Crippen molar-refractivity contribution < 1.29 is 14.3 Å². The van der Waals surface area contributed by atoms with Crippen molar-refractivity contribution in [3.8, 4) is 23.0 Å². The molecule has 0 spiro atoms. The zero-order valence-corrected chi connectivity index (χ0v) is 14.9. The second-order valence-corrected chi connectivity index (χ2v) is 6.74. The van der Waals surface area contributed by atoms with Crippen molar-refractivity contribution in [2.24, 2.45) is 0 Å². The monoisotopic (exact) mass is 381 g/mol. The third-order valence-electron chi connectivity index (χ3n) is 3.66. The molecule has 0 unspecified atom stereocenters. The number of nitrogens with zero attached hydrogens (tertiary/aromatic N) is 3. The van der Waals surface area contributed by atoms with Crippen molar-refractivity contribution in [2.45, 2.75) is 0 Å². The van der Waals surface area contributed by atoms with Crippen molar-refractivity contribution in [1.82, 2.24) is 10.3 Å². The summed E-state index contributed by atoms with van der Waals surface area (Å²) in [6.07, 6.45) is 3.88. The lowest BCUT2D eigenvalue weighted by atomic mass is 10.2. The molecule has 128 valence electrons. The van der Waals surface area contributed by atoms with Gasteiger partial charge in [0.2, 0.25) is 5.69 Å². The van der Waals surface area contributed by atoms with Crippen LogP contribution in [0.4, 0.5) is 0 Å². The highest BCUT2D eigenvalue weighted by atomic mass is 35.5. The highest BCUT2D eigenvalue weighted by Crippen LogP contribution is 2.27. The maximum Gasteiger partial charge on any atom is 0.289 e. The summed E-state index contributed by atoms with van der Waals surface area (Å²) in [6, 6.07) is 16.9. The van der Waals surface area contributed by atoms with E-state index in [1.165, 1.54) is 16.0 Å². The van der Waals surface area contributed by atoms with E-state index in [0.29, 0.717) is 16.4 Å². The predicted molar refractivity (Wildman–Crippen MR) is 99.0 cm³/mol. The minimum atomic E-state index is -0.538. The van der Waals surface area contributed by atoms with Gasteiger partial charge >= 0.3 is 0 Å². The molecule has 0 aliphatic heterocycles. The van der Waals surface area contributed by atoms with E-state index in [9.17, 15) is 5.11 Å². The summed E-state index contributed by atoms with van der Waals surface area (Å²) in [4.78, 5) is 4.52. The van der Waals surface area contributed by atoms with Crippen LogP contribution >= 0.6 is 22.9 Å². The molecule has 26 heavy (non-hydrogen) atoms. The van der Waals surface area contributed by atoms with Gasteiger partial charge in [-0.2, -0.15) is 0 Å². The molecule has 0 atom stereocenters. The Morgan fingerprint density at radius 3 is 2.58 bits per heavy atom. The lowest BCUT2D eigenvalue weighted by Crippen LogP contribution is -2.34. The SMILES string of the molecule is [O-]c1on[n+](-c2ccc(Cl)cc2)c1-c1csc(/C=C/c2ccccc2)n1. The van der Waals surface area contributed by atoms with E-state index in [4.69, 9.17) is 16.1 Å². The normalized spacial score (nSPS) is 11.3. The first-order valence-electron chi connectivity index (χ1n) is 7.75. The Balaban J connectivity index is 1.67. The number of halogens is 1. The number of hydrogen-bond donors (Lipinski definition) is 0. The van der Waals surface area contributed by atoms with E-state index in [1.807, 2.05) is 47.9 Å². The maximum absolute atomic E-state index is 12.1. The van der Waals surface area contributed by atoms with Gasteiger partial charge in [-0.15, -0.1) is 11.3 Å². The Morgan fingerprint density at radius 2 is 1.81 bits per heavy atom. The zero-order chi connectivity index (χ0) is 17.9. The highest BCUT2D eigenvalue weighted by molar-refractivity contribution is 7.10. The third kappa shape index (κ3) is 3.37. The number of rotatable bonds is 4. The zero-order valence-electron chi connectivity index (χ0n) is 13.4. The highest BCUT2D eigenvalue weighted by Gasteiger charge is 2.24. The van der Waals surface area contributed by atoms with Crippen molar-refractivity contribution >= 4 is 35.1 Å². The summed E-state index contributed by atoms with van der Waals surface area (Å²) < 4.78 is 6.27. The summed E-state index contributed by atoms with van der Waals surface area (Å²) >= 11 is 7.36. The van der Waals surface area contributed by atoms with E-state index < -0.39 is 5.95 Å². The molecule has 0 amide bonds. The van der Waals surface area contributed by atoms with Gasteiger partial charge in [0.25, 0.3) is 5.69 Å². The summed E-state index contributed by atoms with van der Waals surface area (Å²) in [6.45, 7) is 0. The van der Waals surface area contributed by atoms with Gasteiger partial charge in [0, 0.05) is 22.5 Å². The Hall–Kier alpha value is -2.96. The Kier molecular flexibility index (Phi) is 4.51. The van der Waals surface area contributed by atoms with Gasteiger partial charge in [-0.1, -0.05) is 48.0 Å². The molecule has 0 bridgehead atoms. The smallest absolute Gasteiger partial charge is 0.289 e. The number of aromatic nitrogens is 3. The van der Waals surface area contributed by atoms with Crippen LogP contribution in [-0.4, -0.2) is 10.3 Å². The van der Waals surface area contributed by atoms with Crippen LogP contribution in [0.15, 0.2) is 64.5 Å². The molecule has 4 rings (SSSR count). The molecule has 0 fully saturated rings.